The van der Waals surface area contributed by atoms with Crippen LogP contribution in [-0.2, 0) is 70.2 Å². The second kappa shape index (κ2) is 20.8. The summed E-state index contributed by atoms with van der Waals surface area (Å²) in [4.78, 5) is 7.75. The third-order valence-electron chi connectivity index (χ3n) is 0. The maximum atomic E-state index is 7.75. The minimum atomic E-state index is 0. The number of hydrogen-bond acceptors (Lipinski definition) is 1. The van der Waals surface area contributed by atoms with E-state index in [0.717, 1.165) is 0 Å². The standard InChI is InChI=1S/CHO.2Y/c1-2;;/h1H;;/q-1;;. The van der Waals surface area contributed by atoms with Gasteiger partial charge in [-0.1, -0.05) is 0 Å². The van der Waals surface area contributed by atoms with E-state index in [9.17, 15) is 0 Å². The van der Waals surface area contributed by atoms with Crippen molar-refractivity contribution in [3.8, 4) is 0 Å². The quantitative estimate of drug-likeness (QED) is 0.394. The average Bonchev–Trinajstić information content (AvgIpc) is 1.00. The molecule has 0 heterocycles. The molecule has 0 bridgehead atoms. The van der Waals surface area contributed by atoms with Crippen molar-refractivity contribution in [2.24, 2.45) is 0 Å². The van der Waals surface area contributed by atoms with Crippen LogP contribution in [0.4, 0.5) is 0 Å². The van der Waals surface area contributed by atoms with Gasteiger partial charge in [0.2, 0.25) is 0 Å². The second-order valence-corrected chi connectivity index (χ2v) is 0. The van der Waals surface area contributed by atoms with Crippen LogP contribution >= 0.6 is 0 Å². The second-order valence-electron chi connectivity index (χ2n) is 0. The fraction of sp³-hybridized carbons (Fsp3) is 0. The maximum absolute atomic E-state index is 7.75. The summed E-state index contributed by atoms with van der Waals surface area (Å²) in [5.74, 6) is 0. The Morgan fingerprint density at radius 1 is 1.00 bits per heavy atom. The van der Waals surface area contributed by atoms with Gasteiger partial charge in [-0.05, 0) is 0 Å². The Hall–Kier alpha value is 1.88. The summed E-state index contributed by atoms with van der Waals surface area (Å²) in [5.41, 5.74) is 0. The molecular weight excluding hydrogens is 206 g/mol. The normalized spacial score (nSPS) is 1.00. The van der Waals surface area contributed by atoms with Gasteiger partial charge < -0.3 is 4.79 Å². The smallest absolute Gasteiger partial charge is 0 e. The van der Waals surface area contributed by atoms with Gasteiger partial charge in [-0.15, -0.1) is 0 Å². The van der Waals surface area contributed by atoms with Crippen LogP contribution in [0, 0.1) is 0 Å². The van der Waals surface area contributed by atoms with E-state index < -0.39 is 0 Å². The van der Waals surface area contributed by atoms with Crippen LogP contribution in [0.25, 0.3) is 0 Å². The van der Waals surface area contributed by atoms with Crippen molar-refractivity contribution in [2.45, 2.75) is 0 Å². The van der Waals surface area contributed by atoms with E-state index in [4.69, 9.17) is 4.79 Å². The van der Waals surface area contributed by atoms with Gasteiger partial charge in [0.25, 0.3) is 0 Å². The number of hydrogen-bond donors (Lipinski definition) is 0. The van der Waals surface area contributed by atoms with Crippen molar-refractivity contribution in [3.63, 3.8) is 0 Å². The number of carbonyl (C=O) groups excluding carboxylic acids is 1. The van der Waals surface area contributed by atoms with Crippen molar-refractivity contribution in [1.82, 2.24) is 0 Å². The summed E-state index contributed by atoms with van der Waals surface area (Å²) in [5, 5.41) is 0. The molecule has 0 aromatic heterocycles. The van der Waals surface area contributed by atoms with Crippen LogP contribution in [0.1, 0.15) is 0 Å². The minimum absolute atomic E-state index is 0. The molecule has 0 amide bonds. The van der Waals surface area contributed by atoms with Gasteiger partial charge in [0.1, 0.15) is 0 Å². The average molecular weight is 207 g/mol. The van der Waals surface area contributed by atoms with E-state index in [0.29, 0.717) is 0 Å². The van der Waals surface area contributed by atoms with E-state index in [2.05, 4.69) is 6.79 Å². The third kappa shape index (κ3) is 9.11. The van der Waals surface area contributed by atoms with Crippen LogP contribution in [0.5, 0.6) is 0 Å². The molecule has 0 saturated heterocycles. The minimum Gasteiger partial charge on any atom is -0.545 e. The first kappa shape index (κ1) is 16.9. The Balaban J connectivity index is -0.00000000500. The van der Waals surface area contributed by atoms with Crippen LogP contribution < -0.4 is 0 Å². The first-order valence-corrected chi connectivity index (χ1v) is 0.236. The summed E-state index contributed by atoms with van der Waals surface area (Å²) in [6.07, 6.45) is 0. The molecule has 0 fully saturated rings. The van der Waals surface area contributed by atoms with Crippen molar-refractivity contribution in [1.29, 1.82) is 0 Å². The monoisotopic (exact) mass is 207 g/mol. The Morgan fingerprint density at radius 3 is 1.00 bits per heavy atom. The van der Waals surface area contributed by atoms with Crippen molar-refractivity contribution >= 4 is 6.79 Å². The molecule has 1 nitrogen and oxygen atoms in total. The zero-order valence-electron chi connectivity index (χ0n) is 2.14. The molecule has 0 unspecified atom stereocenters. The van der Waals surface area contributed by atoms with Crippen molar-refractivity contribution in [3.05, 3.63) is 0 Å². The predicted octanol–water partition coefficient (Wildman–Crippen LogP) is -0.279. The van der Waals surface area contributed by atoms with Crippen molar-refractivity contribution < 1.29 is 70.2 Å². The molecule has 0 aromatic carbocycles. The fourth-order valence-electron chi connectivity index (χ4n) is 0. The van der Waals surface area contributed by atoms with E-state index in [1.165, 1.54) is 0 Å². The molecule has 0 spiro atoms. The summed E-state index contributed by atoms with van der Waals surface area (Å²) >= 11 is 0. The number of rotatable bonds is 0. The Morgan fingerprint density at radius 2 is 1.00 bits per heavy atom. The topological polar surface area (TPSA) is 17.1 Å². The zero-order valence-corrected chi connectivity index (χ0v) is 7.82. The molecule has 0 rings (SSSR count). The first-order chi connectivity index (χ1) is 1.00. The Labute approximate surface area is 75.7 Å². The maximum Gasteiger partial charge on any atom is 0 e. The molecule has 0 aliphatic heterocycles. The van der Waals surface area contributed by atoms with Gasteiger partial charge >= 0.3 is 0 Å². The molecule has 3 heteroatoms. The molecular formula is CHOY2-. The van der Waals surface area contributed by atoms with E-state index in [1.807, 2.05) is 0 Å². The van der Waals surface area contributed by atoms with E-state index in [1.54, 1.807) is 0 Å². The van der Waals surface area contributed by atoms with Gasteiger partial charge in [0, 0.05) is 65.4 Å². The molecule has 0 aromatic rings. The molecule has 0 aliphatic rings. The van der Waals surface area contributed by atoms with Gasteiger partial charge in [-0.25, -0.2) is 0 Å². The molecule has 2 radical (unpaired) electrons. The molecule has 18 valence electrons. The van der Waals surface area contributed by atoms with E-state index in [-0.39, 0.29) is 65.4 Å². The van der Waals surface area contributed by atoms with Gasteiger partial charge in [0.05, 0.1) is 0 Å². The third-order valence-corrected chi connectivity index (χ3v) is 0. The zero-order chi connectivity index (χ0) is 2.00. The Kier molecular flexibility index (Phi) is 87.8. The van der Waals surface area contributed by atoms with Crippen LogP contribution in [0.2, 0.25) is 0 Å². The van der Waals surface area contributed by atoms with Crippen LogP contribution in [0.15, 0.2) is 0 Å². The van der Waals surface area contributed by atoms with Crippen molar-refractivity contribution in [2.75, 3.05) is 0 Å². The largest absolute Gasteiger partial charge is 0.545 e. The van der Waals surface area contributed by atoms with E-state index >= 15 is 0 Å². The van der Waals surface area contributed by atoms with Gasteiger partial charge in [-0.3, -0.25) is 6.79 Å². The molecule has 0 N–H and O–H groups in total. The first-order valence-electron chi connectivity index (χ1n) is 0.236. The summed E-state index contributed by atoms with van der Waals surface area (Å²) in [7, 11) is 0. The summed E-state index contributed by atoms with van der Waals surface area (Å²) < 4.78 is 0. The van der Waals surface area contributed by atoms with Crippen LogP contribution in [-0.4, -0.2) is 6.79 Å². The SMILES string of the molecule is [CH-]=O.[Y].[Y]. The predicted molar refractivity (Wildman–Crippen MR) is 6.75 cm³/mol. The molecule has 0 saturated carbocycles. The van der Waals surface area contributed by atoms with Gasteiger partial charge in [0.15, 0.2) is 0 Å². The Bertz CT molecular complexity index is 6.00. The summed E-state index contributed by atoms with van der Waals surface area (Å²) in [6.45, 7) is 3.25. The van der Waals surface area contributed by atoms with Gasteiger partial charge in [-0.2, -0.15) is 0 Å². The fourth-order valence-corrected chi connectivity index (χ4v) is 0. The summed E-state index contributed by atoms with van der Waals surface area (Å²) in [6, 6.07) is 0. The molecule has 0 aliphatic carbocycles. The molecule has 0 atom stereocenters. The van der Waals surface area contributed by atoms with Crippen LogP contribution in [0.3, 0.4) is 0 Å². The molecule has 4 heavy (non-hydrogen) atoms.